The lowest BCUT2D eigenvalue weighted by atomic mass is 10.0. The van der Waals surface area contributed by atoms with Crippen molar-refractivity contribution in [2.75, 3.05) is 27.2 Å². The number of ether oxygens (including phenoxy) is 1. The third-order valence-corrected chi connectivity index (χ3v) is 3.47. The van der Waals surface area contributed by atoms with E-state index >= 15 is 0 Å². The van der Waals surface area contributed by atoms with Gasteiger partial charge in [0.05, 0.1) is 13.0 Å². The van der Waals surface area contributed by atoms with Crippen molar-refractivity contribution in [1.29, 1.82) is 0 Å². The van der Waals surface area contributed by atoms with E-state index in [1.807, 2.05) is 0 Å². The maximum Gasteiger partial charge on any atom is 0.308 e. The van der Waals surface area contributed by atoms with Crippen LogP contribution in [-0.4, -0.2) is 38.1 Å². The van der Waals surface area contributed by atoms with Gasteiger partial charge in [0.2, 0.25) is 0 Å². The van der Waals surface area contributed by atoms with Gasteiger partial charge in [0.25, 0.3) is 0 Å². The number of nitrogens with zero attached hydrogens (tertiary/aromatic N) is 1. The van der Waals surface area contributed by atoms with Crippen molar-refractivity contribution in [2.24, 2.45) is 17.8 Å². The van der Waals surface area contributed by atoms with Gasteiger partial charge in [-0.15, -0.1) is 0 Å². The zero-order valence-corrected chi connectivity index (χ0v) is 8.32. The van der Waals surface area contributed by atoms with Gasteiger partial charge in [-0.2, -0.15) is 0 Å². The van der Waals surface area contributed by atoms with Crippen LogP contribution in [0.25, 0.3) is 0 Å². The fraction of sp³-hybridized carbons (Fsp3) is 0.900. The number of methoxy groups -OCH3 is 1. The van der Waals surface area contributed by atoms with E-state index in [9.17, 15) is 4.79 Å². The number of fused-ring (bicyclic) bond motifs is 1. The van der Waals surface area contributed by atoms with Gasteiger partial charge in [-0.05, 0) is 31.7 Å². The van der Waals surface area contributed by atoms with Gasteiger partial charge in [0, 0.05) is 13.1 Å². The van der Waals surface area contributed by atoms with Gasteiger partial charge in [0.1, 0.15) is 0 Å². The summed E-state index contributed by atoms with van der Waals surface area (Å²) in [5.74, 6) is 1.67. The average Bonchev–Trinajstić information content (AvgIpc) is 2.59. The molecule has 2 fully saturated rings. The third kappa shape index (κ3) is 1.57. The van der Waals surface area contributed by atoms with E-state index in [4.69, 9.17) is 4.74 Å². The Kier molecular flexibility index (Phi) is 2.28. The van der Waals surface area contributed by atoms with Gasteiger partial charge in [-0.1, -0.05) is 0 Å². The Morgan fingerprint density at radius 2 is 1.85 bits per heavy atom. The van der Waals surface area contributed by atoms with Gasteiger partial charge >= 0.3 is 5.97 Å². The lowest BCUT2D eigenvalue weighted by Crippen LogP contribution is -2.20. The predicted octanol–water partition coefficient (Wildman–Crippen LogP) is 0.747. The highest BCUT2D eigenvalue weighted by Crippen LogP contribution is 2.41. The second kappa shape index (κ2) is 3.29. The van der Waals surface area contributed by atoms with Crippen LogP contribution < -0.4 is 0 Å². The van der Waals surface area contributed by atoms with Crippen molar-refractivity contribution < 1.29 is 9.53 Å². The summed E-state index contributed by atoms with van der Waals surface area (Å²) in [6.07, 6.45) is 2.09. The van der Waals surface area contributed by atoms with Gasteiger partial charge in [-0.25, -0.2) is 0 Å². The van der Waals surface area contributed by atoms with Crippen LogP contribution in [0.1, 0.15) is 12.8 Å². The first-order chi connectivity index (χ1) is 6.20. The molecule has 0 amide bonds. The first kappa shape index (κ1) is 9.00. The number of rotatable bonds is 1. The highest BCUT2D eigenvalue weighted by atomic mass is 16.5. The molecule has 1 aliphatic carbocycles. The van der Waals surface area contributed by atoms with Gasteiger partial charge < -0.3 is 9.64 Å². The number of hydrogen-bond donors (Lipinski definition) is 0. The van der Waals surface area contributed by atoms with Crippen LogP contribution >= 0.6 is 0 Å². The number of carbonyl (C=O) groups excluding carboxylic acids is 1. The molecule has 0 radical (unpaired) electrons. The molecule has 1 aliphatic heterocycles. The molecule has 3 heteroatoms. The molecule has 1 saturated heterocycles. The molecule has 0 aromatic carbocycles. The van der Waals surface area contributed by atoms with Gasteiger partial charge in [-0.3, -0.25) is 4.79 Å². The Balaban J connectivity index is 1.93. The summed E-state index contributed by atoms with van der Waals surface area (Å²) < 4.78 is 4.77. The first-order valence-electron chi connectivity index (χ1n) is 4.97. The number of likely N-dealkylation sites (tertiary alicyclic amines) is 1. The summed E-state index contributed by atoms with van der Waals surface area (Å²) in [4.78, 5) is 13.7. The maximum absolute atomic E-state index is 11.3. The molecule has 0 bridgehead atoms. The summed E-state index contributed by atoms with van der Waals surface area (Å²) >= 11 is 0. The minimum absolute atomic E-state index is 0.00273. The van der Waals surface area contributed by atoms with Crippen molar-refractivity contribution in [3.05, 3.63) is 0 Å². The SMILES string of the molecule is COC(=O)C1CC2CN(C)CC2C1. The Morgan fingerprint density at radius 1 is 1.31 bits per heavy atom. The number of esters is 1. The summed E-state index contributed by atoms with van der Waals surface area (Å²) in [5.41, 5.74) is 0. The van der Waals surface area contributed by atoms with E-state index in [-0.39, 0.29) is 11.9 Å². The Labute approximate surface area is 79.0 Å². The lowest BCUT2D eigenvalue weighted by Gasteiger charge is -2.12. The van der Waals surface area contributed by atoms with Crippen molar-refractivity contribution in [3.8, 4) is 0 Å². The molecular weight excluding hydrogens is 166 g/mol. The highest BCUT2D eigenvalue weighted by Gasteiger charge is 2.42. The Bertz CT molecular complexity index is 203. The second-order valence-electron chi connectivity index (χ2n) is 4.43. The predicted molar refractivity (Wildman–Crippen MR) is 49.2 cm³/mol. The van der Waals surface area contributed by atoms with Crippen molar-refractivity contribution in [1.82, 2.24) is 4.90 Å². The van der Waals surface area contributed by atoms with Crippen molar-refractivity contribution in [2.45, 2.75) is 12.8 Å². The van der Waals surface area contributed by atoms with E-state index in [0.29, 0.717) is 0 Å². The molecule has 2 rings (SSSR count). The largest absolute Gasteiger partial charge is 0.469 e. The first-order valence-corrected chi connectivity index (χ1v) is 4.97. The van der Waals surface area contributed by atoms with Crippen LogP contribution in [0.4, 0.5) is 0 Å². The molecule has 0 spiro atoms. The fourth-order valence-corrected chi connectivity index (χ4v) is 2.89. The molecule has 0 aromatic rings. The number of carbonyl (C=O) groups is 1. The quantitative estimate of drug-likeness (QED) is 0.562. The van der Waals surface area contributed by atoms with Crippen LogP contribution in [0.3, 0.4) is 0 Å². The average molecular weight is 183 g/mol. The van der Waals surface area contributed by atoms with Crippen LogP contribution in [-0.2, 0) is 9.53 Å². The topological polar surface area (TPSA) is 29.5 Å². The van der Waals surface area contributed by atoms with Crippen molar-refractivity contribution in [3.63, 3.8) is 0 Å². The van der Waals surface area contributed by atoms with Crippen molar-refractivity contribution >= 4 is 5.97 Å². The molecule has 1 saturated carbocycles. The standard InChI is InChI=1S/C10H17NO2/c1-11-5-8-3-7(10(12)13-2)4-9(8)6-11/h7-9H,3-6H2,1-2H3. The molecular formula is C10H17NO2. The van der Waals surface area contributed by atoms with Gasteiger partial charge in [0.15, 0.2) is 0 Å². The lowest BCUT2D eigenvalue weighted by molar-refractivity contribution is -0.145. The van der Waals surface area contributed by atoms with E-state index < -0.39 is 0 Å². The van der Waals surface area contributed by atoms with E-state index in [0.717, 1.165) is 37.8 Å². The summed E-state index contributed by atoms with van der Waals surface area (Å²) in [7, 11) is 3.65. The summed E-state index contributed by atoms with van der Waals surface area (Å²) in [5, 5.41) is 0. The fourth-order valence-electron chi connectivity index (χ4n) is 2.89. The number of hydrogen-bond acceptors (Lipinski definition) is 3. The monoisotopic (exact) mass is 183 g/mol. The second-order valence-corrected chi connectivity index (χ2v) is 4.43. The maximum atomic E-state index is 11.3. The molecule has 2 unspecified atom stereocenters. The molecule has 3 nitrogen and oxygen atoms in total. The Morgan fingerprint density at radius 3 is 2.31 bits per heavy atom. The molecule has 13 heavy (non-hydrogen) atoms. The molecule has 2 aliphatic rings. The smallest absolute Gasteiger partial charge is 0.308 e. The molecule has 0 N–H and O–H groups in total. The zero-order chi connectivity index (χ0) is 9.42. The molecule has 2 atom stereocenters. The summed E-state index contributed by atoms with van der Waals surface area (Å²) in [6.45, 7) is 2.33. The normalized spacial score (nSPS) is 39.1. The molecule has 74 valence electrons. The van der Waals surface area contributed by atoms with Crippen LogP contribution in [0.5, 0.6) is 0 Å². The minimum Gasteiger partial charge on any atom is -0.469 e. The minimum atomic E-state index is -0.00273. The zero-order valence-electron chi connectivity index (χ0n) is 8.32. The summed E-state index contributed by atoms with van der Waals surface area (Å²) in [6, 6.07) is 0. The molecule has 1 heterocycles. The highest BCUT2D eigenvalue weighted by molar-refractivity contribution is 5.72. The van der Waals surface area contributed by atoms with Crippen LogP contribution in [0.2, 0.25) is 0 Å². The van der Waals surface area contributed by atoms with Crippen LogP contribution in [0, 0.1) is 17.8 Å². The van der Waals surface area contributed by atoms with E-state index in [2.05, 4.69) is 11.9 Å². The Hall–Kier alpha value is -0.570. The third-order valence-electron chi connectivity index (χ3n) is 3.47. The van der Waals surface area contributed by atoms with Crippen LogP contribution in [0.15, 0.2) is 0 Å². The van der Waals surface area contributed by atoms with E-state index in [1.54, 1.807) is 0 Å². The molecule has 0 aromatic heterocycles. The van der Waals surface area contributed by atoms with E-state index in [1.165, 1.54) is 7.11 Å².